The number of hydrogen-bond acceptors (Lipinski definition) is 4. The van der Waals surface area contributed by atoms with Gasteiger partial charge in [0.15, 0.2) is 5.78 Å². The molecule has 132 valence electrons. The third kappa shape index (κ3) is 3.43. The van der Waals surface area contributed by atoms with Crippen molar-refractivity contribution in [3.63, 3.8) is 0 Å². The zero-order valence-corrected chi connectivity index (χ0v) is 14.9. The van der Waals surface area contributed by atoms with E-state index in [-0.39, 0.29) is 22.8 Å². The highest BCUT2D eigenvalue weighted by atomic mass is 16.3. The first-order valence-corrected chi connectivity index (χ1v) is 8.33. The topological polar surface area (TPSA) is 92.2 Å². The van der Waals surface area contributed by atoms with Crippen molar-refractivity contribution < 1.29 is 14.0 Å². The Hall–Kier alpha value is -2.63. The number of aromatic amines is 1. The third-order valence-electron chi connectivity index (χ3n) is 4.50. The van der Waals surface area contributed by atoms with Crippen molar-refractivity contribution in [3.8, 4) is 0 Å². The minimum atomic E-state index is -0.525. The molecular weight excluding hydrogens is 320 g/mol. The zero-order chi connectivity index (χ0) is 18.4. The Balaban J connectivity index is 1.88. The van der Waals surface area contributed by atoms with Crippen LogP contribution in [0.1, 0.15) is 71.2 Å². The maximum absolute atomic E-state index is 12.5. The number of H-pyrrole nitrogens is 1. The maximum atomic E-state index is 12.5. The quantitative estimate of drug-likeness (QED) is 0.897. The van der Waals surface area contributed by atoms with Crippen LogP contribution in [-0.2, 0) is 6.42 Å². The van der Waals surface area contributed by atoms with Crippen LogP contribution in [0.2, 0.25) is 0 Å². The smallest absolute Gasteiger partial charge is 0.261 e. The van der Waals surface area contributed by atoms with Gasteiger partial charge in [-0.2, -0.15) is 0 Å². The second-order valence-corrected chi connectivity index (χ2v) is 7.49. The molecule has 1 aliphatic rings. The second-order valence-electron chi connectivity index (χ2n) is 7.49. The van der Waals surface area contributed by atoms with Crippen molar-refractivity contribution >= 4 is 11.7 Å². The van der Waals surface area contributed by atoms with Gasteiger partial charge in [-0.3, -0.25) is 14.4 Å². The molecule has 1 unspecified atom stereocenters. The first-order valence-electron chi connectivity index (χ1n) is 8.33. The molecule has 0 radical (unpaired) electrons. The summed E-state index contributed by atoms with van der Waals surface area (Å²) in [7, 11) is 0. The van der Waals surface area contributed by atoms with E-state index >= 15 is 0 Å². The molecule has 0 saturated carbocycles. The SMILES string of the molecule is Cc1ccc(C(C)NC(=O)c2cc3c([nH]c2=O)CC(C)(C)CC3=O)o1. The molecule has 0 bridgehead atoms. The number of rotatable bonds is 3. The summed E-state index contributed by atoms with van der Waals surface area (Å²) in [5.41, 5.74) is 0.317. The normalized spacial score (nSPS) is 17.0. The summed E-state index contributed by atoms with van der Waals surface area (Å²) in [6.07, 6.45) is 1.00. The molecular formula is C19H22N2O4. The Morgan fingerprint density at radius 3 is 2.64 bits per heavy atom. The average Bonchev–Trinajstić information content (AvgIpc) is 2.91. The van der Waals surface area contributed by atoms with Gasteiger partial charge in [0.1, 0.15) is 17.1 Å². The van der Waals surface area contributed by atoms with Crippen LogP contribution in [0.4, 0.5) is 0 Å². The lowest BCUT2D eigenvalue weighted by molar-refractivity contribution is 0.0910. The molecule has 3 rings (SSSR count). The number of hydrogen-bond donors (Lipinski definition) is 2. The Bertz CT molecular complexity index is 904. The molecule has 0 aromatic carbocycles. The highest BCUT2D eigenvalue weighted by Gasteiger charge is 2.32. The average molecular weight is 342 g/mol. The number of furan rings is 1. The van der Waals surface area contributed by atoms with E-state index in [2.05, 4.69) is 10.3 Å². The number of fused-ring (bicyclic) bond motifs is 1. The van der Waals surface area contributed by atoms with Gasteiger partial charge in [-0.25, -0.2) is 0 Å². The van der Waals surface area contributed by atoms with Gasteiger partial charge in [0.2, 0.25) is 0 Å². The number of nitrogens with one attached hydrogen (secondary N) is 2. The second kappa shape index (κ2) is 6.02. The minimum Gasteiger partial charge on any atom is -0.464 e. The van der Waals surface area contributed by atoms with Gasteiger partial charge in [-0.1, -0.05) is 13.8 Å². The van der Waals surface area contributed by atoms with Crippen LogP contribution in [-0.4, -0.2) is 16.7 Å². The molecule has 6 nitrogen and oxygen atoms in total. The number of pyridine rings is 1. The van der Waals surface area contributed by atoms with Crippen LogP contribution in [0.15, 0.2) is 27.4 Å². The maximum Gasteiger partial charge on any atom is 0.261 e. The number of ketones is 1. The van der Waals surface area contributed by atoms with Gasteiger partial charge in [-0.15, -0.1) is 0 Å². The fourth-order valence-corrected chi connectivity index (χ4v) is 3.23. The zero-order valence-electron chi connectivity index (χ0n) is 14.9. The Morgan fingerprint density at radius 2 is 2.00 bits per heavy atom. The first kappa shape index (κ1) is 17.2. The lowest BCUT2D eigenvalue weighted by Crippen LogP contribution is -2.35. The summed E-state index contributed by atoms with van der Waals surface area (Å²) in [5.74, 6) is 0.781. The highest BCUT2D eigenvalue weighted by molar-refractivity contribution is 6.02. The lowest BCUT2D eigenvalue weighted by Gasteiger charge is -2.29. The monoisotopic (exact) mass is 342 g/mol. The van der Waals surface area contributed by atoms with Crippen LogP contribution in [0.3, 0.4) is 0 Å². The molecule has 1 atom stereocenters. The lowest BCUT2D eigenvalue weighted by atomic mass is 9.75. The Kier molecular flexibility index (Phi) is 4.14. The summed E-state index contributed by atoms with van der Waals surface area (Å²) in [5, 5.41) is 2.74. The molecule has 25 heavy (non-hydrogen) atoms. The van der Waals surface area contributed by atoms with Crippen LogP contribution >= 0.6 is 0 Å². The van der Waals surface area contributed by atoms with Gasteiger partial charge in [0.25, 0.3) is 11.5 Å². The van der Waals surface area contributed by atoms with Crippen LogP contribution in [0.5, 0.6) is 0 Å². The van der Waals surface area contributed by atoms with Crippen LogP contribution in [0, 0.1) is 12.3 Å². The molecule has 2 aromatic rings. The molecule has 0 saturated heterocycles. The summed E-state index contributed by atoms with van der Waals surface area (Å²) >= 11 is 0. The van der Waals surface area contributed by atoms with E-state index < -0.39 is 11.5 Å². The molecule has 2 heterocycles. The van der Waals surface area contributed by atoms with E-state index in [0.717, 1.165) is 5.76 Å². The van der Waals surface area contributed by atoms with Gasteiger partial charge < -0.3 is 14.7 Å². The molecule has 0 aliphatic heterocycles. The van der Waals surface area contributed by atoms with E-state index in [4.69, 9.17) is 4.42 Å². The van der Waals surface area contributed by atoms with E-state index in [1.54, 1.807) is 13.0 Å². The fraction of sp³-hybridized carbons (Fsp3) is 0.421. The van der Waals surface area contributed by atoms with Crippen LogP contribution < -0.4 is 10.9 Å². The Morgan fingerprint density at radius 1 is 1.28 bits per heavy atom. The van der Waals surface area contributed by atoms with E-state index in [1.165, 1.54) is 6.07 Å². The van der Waals surface area contributed by atoms with E-state index in [9.17, 15) is 14.4 Å². The van der Waals surface area contributed by atoms with Gasteiger partial charge in [0, 0.05) is 17.7 Å². The molecule has 0 fully saturated rings. The van der Waals surface area contributed by atoms with Gasteiger partial charge in [0.05, 0.1) is 6.04 Å². The fourth-order valence-electron chi connectivity index (χ4n) is 3.23. The third-order valence-corrected chi connectivity index (χ3v) is 4.50. The van der Waals surface area contributed by atoms with Gasteiger partial charge in [-0.05, 0) is 43.9 Å². The first-order chi connectivity index (χ1) is 11.7. The van der Waals surface area contributed by atoms with Gasteiger partial charge >= 0.3 is 0 Å². The van der Waals surface area contributed by atoms with Crippen molar-refractivity contribution in [3.05, 3.63) is 56.9 Å². The molecule has 6 heteroatoms. The van der Waals surface area contributed by atoms with E-state index in [1.807, 2.05) is 26.8 Å². The largest absolute Gasteiger partial charge is 0.464 e. The van der Waals surface area contributed by atoms with Crippen molar-refractivity contribution in [2.24, 2.45) is 5.41 Å². The minimum absolute atomic E-state index is 0.0498. The number of carbonyl (C=O) groups is 2. The number of amides is 1. The Labute approximate surface area is 145 Å². The summed E-state index contributed by atoms with van der Waals surface area (Å²) in [6, 6.07) is 4.63. The summed E-state index contributed by atoms with van der Waals surface area (Å²) < 4.78 is 5.49. The van der Waals surface area contributed by atoms with Crippen molar-refractivity contribution in [2.45, 2.75) is 46.6 Å². The number of carbonyl (C=O) groups excluding carboxylic acids is 2. The number of aryl methyl sites for hydroxylation is 1. The predicted molar refractivity (Wildman–Crippen MR) is 92.8 cm³/mol. The van der Waals surface area contributed by atoms with Crippen LogP contribution in [0.25, 0.3) is 0 Å². The van der Waals surface area contributed by atoms with Crippen molar-refractivity contribution in [2.75, 3.05) is 0 Å². The van der Waals surface area contributed by atoms with Crippen molar-refractivity contribution in [1.29, 1.82) is 0 Å². The molecule has 1 amide bonds. The molecule has 0 spiro atoms. The highest BCUT2D eigenvalue weighted by Crippen LogP contribution is 2.33. The number of aromatic nitrogens is 1. The molecule has 1 aliphatic carbocycles. The van der Waals surface area contributed by atoms with E-state index in [0.29, 0.717) is 29.9 Å². The molecule has 2 aromatic heterocycles. The predicted octanol–water partition coefficient (Wildman–Crippen LogP) is 2.92. The molecule has 2 N–H and O–H groups in total. The summed E-state index contributed by atoms with van der Waals surface area (Å²) in [4.78, 5) is 39.9. The summed E-state index contributed by atoms with van der Waals surface area (Å²) in [6.45, 7) is 7.56. The standard InChI is InChI=1S/C19H22N2O4/c1-10-5-6-16(25-10)11(2)20-17(23)13-7-12-14(21-18(13)24)8-19(3,4)9-15(12)22/h5-7,11H,8-9H2,1-4H3,(H,20,23)(H,21,24). The number of Topliss-reactive ketones (excluding diaryl/α,β-unsaturated/α-hetero) is 1. The van der Waals surface area contributed by atoms with Crippen molar-refractivity contribution in [1.82, 2.24) is 10.3 Å².